The Morgan fingerprint density at radius 3 is 2.28 bits per heavy atom. The summed E-state index contributed by atoms with van der Waals surface area (Å²) >= 11 is 0. The fraction of sp³-hybridized carbons (Fsp3) is 0.310. The lowest BCUT2D eigenvalue weighted by Gasteiger charge is -2.33. The number of nitrogens with zero attached hydrogens (tertiary/aromatic N) is 2. The van der Waals surface area contributed by atoms with Gasteiger partial charge in [-0.25, -0.2) is 4.39 Å². The van der Waals surface area contributed by atoms with Gasteiger partial charge in [-0.2, -0.15) is 0 Å². The number of hydrogen-bond donors (Lipinski definition) is 1. The van der Waals surface area contributed by atoms with Crippen LogP contribution in [-0.4, -0.2) is 46.9 Å². The molecule has 0 spiro atoms. The Morgan fingerprint density at radius 2 is 1.69 bits per heavy atom. The van der Waals surface area contributed by atoms with Crippen LogP contribution >= 0.6 is 0 Å². The molecule has 206 valence electrons. The Kier molecular flexibility index (Phi) is 9.59. The summed E-state index contributed by atoms with van der Waals surface area (Å²) < 4.78 is 24.3. The van der Waals surface area contributed by atoms with Crippen LogP contribution < -0.4 is 14.8 Å². The van der Waals surface area contributed by atoms with Crippen LogP contribution in [0.1, 0.15) is 31.9 Å². The van der Waals surface area contributed by atoms with Crippen molar-refractivity contribution in [2.75, 3.05) is 13.7 Å². The Balaban J connectivity index is 1.93. The van der Waals surface area contributed by atoms with Crippen molar-refractivity contribution in [2.45, 2.75) is 45.3 Å². The van der Waals surface area contributed by atoms with Crippen LogP contribution in [-0.2, 0) is 22.6 Å². The molecule has 39 heavy (non-hydrogen) atoms. The molecule has 0 unspecified atom stereocenters. The highest BCUT2D eigenvalue weighted by molar-refractivity contribution is 5.89. The van der Waals surface area contributed by atoms with E-state index in [0.717, 1.165) is 5.56 Å². The fourth-order valence-corrected chi connectivity index (χ4v) is 3.92. The summed E-state index contributed by atoms with van der Waals surface area (Å²) in [6.45, 7) is 5.13. The van der Waals surface area contributed by atoms with Gasteiger partial charge in [-0.15, -0.1) is 0 Å². The predicted molar refractivity (Wildman–Crippen MR) is 144 cm³/mol. The lowest BCUT2D eigenvalue weighted by molar-refractivity contribution is -0.385. The molecule has 0 aromatic heterocycles. The minimum absolute atomic E-state index is 0.0142. The number of benzene rings is 3. The van der Waals surface area contributed by atoms with Gasteiger partial charge in [0.2, 0.25) is 11.7 Å². The zero-order valence-electron chi connectivity index (χ0n) is 22.3. The summed E-state index contributed by atoms with van der Waals surface area (Å²) in [5, 5.41) is 14.2. The van der Waals surface area contributed by atoms with E-state index in [1.165, 1.54) is 42.3 Å². The molecule has 0 saturated carbocycles. The van der Waals surface area contributed by atoms with Gasteiger partial charge in [0.25, 0.3) is 5.91 Å². The highest BCUT2D eigenvalue weighted by atomic mass is 19.1. The van der Waals surface area contributed by atoms with E-state index in [1.54, 1.807) is 12.1 Å². The molecule has 3 rings (SSSR count). The van der Waals surface area contributed by atoms with Gasteiger partial charge in [0.1, 0.15) is 17.6 Å². The molecule has 0 aliphatic carbocycles. The fourth-order valence-electron chi connectivity index (χ4n) is 3.92. The van der Waals surface area contributed by atoms with E-state index in [2.05, 4.69) is 5.32 Å². The molecule has 0 heterocycles. The topological polar surface area (TPSA) is 111 Å². The smallest absolute Gasteiger partial charge is 0.311 e. The lowest BCUT2D eigenvalue weighted by atomic mass is 10.0. The van der Waals surface area contributed by atoms with Crippen LogP contribution in [0.25, 0.3) is 0 Å². The van der Waals surface area contributed by atoms with Gasteiger partial charge < -0.3 is 19.7 Å². The second-order valence-electron chi connectivity index (χ2n) is 9.97. The molecule has 0 saturated heterocycles. The maximum absolute atomic E-state index is 13.6. The number of carbonyl (C=O) groups is 2. The number of carbonyl (C=O) groups excluding carboxylic acids is 2. The highest BCUT2D eigenvalue weighted by Gasteiger charge is 2.32. The van der Waals surface area contributed by atoms with Crippen molar-refractivity contribution < 1.29 is 28.4 Å². The molecule has 0 radical (unpaired) electrons. The molecule has 10 heteroatoms. The number of methoxy groups -OCH3 is 1. The average molecular weight is 538 g/mol. The number of nitrogens with one attached hydrogen (secondary N) is 1. The van der Waals surface area contributed by atoms with E-state index < -0.39 is 34.8 Å². The third-order valence-corrected chi connectivity index (χ3v) is 5.75. The minimum Gasteiger partial charge on any atom is -0.490 e. The number of amides is 2. The first kappa shape index (κ1) is 29.1. The van der Waals surface area contributed by atoms with Gasteiger partial charge in [-0.3, -0.25) is 19.7 Å². The third kappa shape index (κ3) is 8.53. The van der Waals surface area contributed by atoms with Gasteiger partial charge in [0.15, 0.2) is 6.61 Å². The summed E-state index contributed by atoms with van der Waals surface area (Å²) in [5.41, 5.74) is 0.686. The van der Waals surface area contributed by atoms with E-state index in [1.807, 2.05) is 51.1 Å². The molecule has 2 amide bonds. The monoisotopic (exact) mass is 537 g/mol. The molecule has 9 nitrogen and oxygen atoms in total. The van der Waals surface area contributed by atoms with Gasteiger partial charge >= 0.3 is 5.69 Å². The molecule has 1 atom stereocenters. The quantitative estimate of drug-likeness (QED) is 0.281. The normalized spacial score (nSPS) is 11.8. The Labute approximate surface area is 226 Å². The molecular formula is C29H32FN3O6. The summed E-state index contributed by atoms with van der Waals surface area (Å²) in [6.07, 6.45) is 0.237. The summed E-state index contributed by atoms with van der Waals surface area (Å²) in [7, 11) is 1.30. The SMILES string of the molecule is COc1cc(OCC(=O)N(Cc2ccc(F)cc2)[C@@H](Cc2ccccc2)C(=O)NC(C)(C)C)ccc1[N+](=O)[O-]. The lowest BCUT2D eigenvalue weighted by Crippen LogP contribution is -2.55. The minimum atomic E-state index is -0.904. The standard InChI is InChI=1S/C29H32FN3O6/c1-29(2,3)31-28(35)25(16-20-8-6-5-7-9-20)32(18-21-10-12-22(30)13-11-21)27(34)19-39-23-14-15-24(33(36)37)26(17-23)38-4/h5-15,17,25H,16,18-19H2,1-4H3,(H,31,35)/t25-/m0/s1. The third-order valence-electron chi connectivity index (χ3n) is 5.75. The summed E-state index contributed by atoms with van der Waals surface area (Å²) in [5.74, 6) is -1.09. The van der Waals surface area contributed by atoms with Crippen molar-refractivity contribution in [3.63, 3.8) is 0 Å². The molecule has 0 bridgehead atoms. The van der Waals surface area contributed by atoms with Crippen molar-refractivity contribution in [1.82, 2.24) is 10.2 Å². The highest BCUT2D eigenvalue weighted by Crippen LogP contribution is 2.31. The molecule has 0 aliphatic heterocycles. The molecule has 1 N–H and O–H groups in total. The Hall–Kier alpha value is -4.47. The number of rotatable bonds is 11. The van der Waals surface area contributed by atoms with Crippen LogP contribution in [0, 0.1) is 15.9 Å². The molecular weight excluding hydrogens is 505 g/mol. The zero-order chi connectivity index (χ0) is 28.6. The van der Waals surface area contributed by atoms with Crippen LogP contribution in [0.4, 0.5) is 10.1 Å². The summed E-state index contributed by atoms with van der Waals surface area (Å²) in [6, 6.07) is 18.0. The summed E-state index contributed by atoms with van der Waals surface area (Å²) in [4.78, 5) is 39.2. The van der Waals surface area contributed by atoms with E-state index in [0.29, 0.717) is 5.56 Å². The van der Waals surface area contributed by atoms with Crippen LogP contribution in [0.2, 0.25) is 0 Å². The first-order chi connectivity index (χ1) is 18.5. The van der Waals surface area contributed by atoms with Crippen LogP contribution in [0.15, 0.2) is 72.8 Å². The second-order valence-corrected chi connectivity index (χ2v) is 9.97. The first-order valence-electron chi connectivity index (χ1n) is 12.3. The van der Waals surface area contributed by atoms with Crippen molar-refractivity contribution in [3.8, 4) is 11.5 Å². The van der Waals surface area contributed by atoms with E-state index in [-0.39, 0.29) is 36.1 Å². The van der Waals surface area contributed by atoms with Gasteiger partial charge in [-0.1, -0.05) is 42.5 Å². The van der Waals surface area contributed by atoms with Crippen molar-refractivity contribution in [2.24, 2.45) is 0 Å². The Bertz CT molecular complexity index is 1290. The molecule has 0 aliphatic rings. The number of hydrogen-bond acceptors (Lipinski definition) is 6. The van der Waals surface area contributed by atoms with E-state index >= 15 is 0 Å². The van der Waals surface area contributed by atoms with Crippen molar-refractivity contribution in [3.05, 3.63) is 99.9 Å². The first-order valence-corrected chi connectivity index (χ1v) is 12.3. The van der Waals surface area contributed by atoms with Crippen molar-refractivity contribution >= 4 is 17.5 Å². The Morgan fingerprint density at radius 1 is 1.03 bits per heavy atom. The second kappa shape index (κ2) is 12.9. The van der Waals surface area contributed by atoms with E-state index in [9.17, 15) is 24.1 Å². The number of nitro benzene ring substituents is 1. The van der Waals surface area contributed by atoms with Gasteiger partial charge in [0.05, 0.1) is 12.0 Å². The van der Waals surface area contributed by atoms with Crippen LogP contribution in [0.5, 0.6) is 11.5 Å². The maximum Gasteiger partial charge on any atom is 0.311 e. The number of halogens is 1. The predicted octanol–water partition coefficient (Wildman–Crippen LogP) is 4.68. The number of nitro groups is 1. The largest absolute Gasteiger partial charge is 0.490 e. The average Bonchev–Trinajstić information content (AvgIpc) is 2.89. The van der Waals surface area contributed by atoms with Crippen LogP contribution in [0.3, 0.4) is 0 Å². The molecule has 3 aromatic carbocycles. The molecule has 3 aromatic rings. The zero-order valence-corrected chi connectivity index (χ0v) is 22.3. The number of ether oxygens (including phenoxy) is 2. The maximum atomic E-state index is 13.6. The van der Waals surface area contributed by atoms with Gasteiger partial charge in [-0.05, 0) is 50.1 Å². The molecule has 0 fully saturated rings. The van der Waals surface area contributed by atoms with E-state index in [4.69, 9.17) is 9.47 Å². The van der Waals surface area contributed by atoms with Gasteiger partial charge in [0, 0.05) is 30.6 Å². The van der Waals surface area contributed by atoms with Crippen molar-refractivity contribution in [1.29, 1.82) is 0 Å².